The molecule has 1 aromatic rings. The van der Waals surface area contributed by atoms with Crippen molar-refractivity contribution in [2.45, 2.75) is 38.9 Å². The van der Waals surface area contributed by atoms with Gasteiger partial charge in [-0.25, -0.2) is 4.98 Å². The summed E-state index contributed by atoms with van der Waals surface area (Å²) in [6.07, 6.45) is 2.70. The topological polar surface area (TPSA) is 42.4 Å². The maximum Gasteiger partial charge on any atom is 0.272 e. The fourth-order valence-electron chi connectivity index (χ4n) is 3.21. The second-order valence-electron chi connectivity index (χ2n) is 5.68. The van der Waals surface area contributed by atoms with Crippen molar-refractivity contribution in [2.24, 2.45) is 5.92 Å². The molecule has 19 heavy (non-hydrogen) atoms. The number of pyridine rings is 1. The zero-order chi connectivity index (χ0) is 13.4. The van der Waals surface area contributed by atoms with Gasteiger partial charge in [0.1, 0.15) is 5.69 Å². The summed E-state index contributed by atoms with van der Waals surface area (Å²) in [7, 11) is 0. The number of aromatic nitrogens is 1. The first-order valence-electron chi connectivity index (χ1n) is 7.02. The first-order valence-corrected chi connectivity index (χ1v) is 7.02. The van der Waals surface area contributed by atoms with Gasteiger partial charge in [0.2, 0.25) is 0 Å². The molecular weight excluding hydrogens is 240 g/mol. The predicted octanol–water partition coefficient (Wildman–Crippen LogP) is 2.03. The smallest absolute Gasteiger partial charge is 0.272 e. The van der Waals surface area contributed by atoms with Crippen LogP contribution in [0.3, 0.4) is 0 Å². The highest BCUT2D eigenvalue weighted by Crippen LogP contribution is 2.32. The maximum absolute atomic E-state index is 12.4. The summed E-state index contributed by atoms with van der Waals surface area (Å²) in [5.74, 6) is 0.555. The van der Waals surface area contributed by atoms with Crippen LogP contribution in [0.5, 0.6) is 0 Å². The SMILES string of the molecule is Cc1cccc(C(=O)N2CC[C@H]3O[C@@H](C)C[C@H]3C2)n1. The van der Waals surface area contributed by atoms with E-state index in [0.29, 0.717) is 23.8 Å². The number of carbonyl (C=O) groups excluding carboxylic acids is 1. The van der Waals surface area contributed by atoms with Crippen molar-refractivity contribution in [1.82, 2.24) is 9.88 Å². The van der Waals surface area contributed by atoms with Crippen LogP contribution in [0.1, 0.15) is 35.9 Å². The molecule has 1 amide bonds. The molecule has 4 nitrogen and oxygen atoms in total. The normalized spacial score (nSPS) is 30.2. The van der Waals surface area contributed by atoms with E-state index in [9.17, 15) is 4.79 Å². The Bertz CT molecular complexity index is 489. The van der Waals surface area contributed by atoms with E-state index in [1.807, 2.05) is 24.0 Å². The highest BCUT2D eigenvalue weighted by molar-refractivity contribution is 5.92. The Morgan fingerprint density at radius 2 is 2.32 bits per heavy atom. The van der Waals surface area contributed by atoms with Crippen molar-refractivity contribution in [3.8, 4) is 0 Å². The van der Waals surface area contributed by atoms with Crippen molar-refractivity contribution in [2.75, 3.05) is 13.1 Å². The van der Waals surface area contributed by atoms with Crippen molar-refractivity contribution in [3.05, 3.63) is 29.6 Å². The fourth-order valence-corrected chi connectivity index (χ4v) is 3.21. The average molecular weight is 260 g/mol. The number of hydrogen-bond acceptors (Lipinski definition) is 3. The van der Waals surface area contributed by atoms with E-state index in [0.717, 1.165) is 31.6 Å². The molecule has 2 aliphatic heterocycles. The van der Waals surface area contributed by atoms with E-state index in [1.165, 1.54) is 0 Å². The molecular formula is C15H20N2O2. The number of ether oxygens (including phenoxy) is 1. The summed E-state index contributed by atoms with van der Waals surface area (Å²) in [5.41, 5.74) is 1.45. The van der Waals surface area contributed by atoms with Crippen LogP contribution in [-0.2, 0) is 4.74 Å². The monoisotopic (exact) mass is 260 g/mol. The van der Waals surface area contributed by atoms with Gasteiger partial charge in [0.25, 0.3) is 5.91 Å². The number of aryl methyl sites for hydroxylation is 1. The number of rotatable bonds is 1. The zero-order valence-corrected chi connectivity index (χ0v) is 11.5. The van der Waals surface area contributed by atoms with Crippen LogP contribution in [0, 0.1) is 12.8 Å². The standard InChI is InChI=1S/C15H20N2O2/c1-10-4-3-5-13(16-10)15(18)17-7-6-14-12(9-17)8-11(2)19-14/h3-5,11-12,14H,6-9H2,1-2H3/t11-,12-,14+/m0/s1. The summed E-state index contributed by atoms with van der Waals surface area (Å²) in [5, 5.41) is 0. The molecule has 3 heterocycles. The second-order valence-corrected chi connectivity index (χ2v) is 5.68. The Balaban J connectivity index is 1.71. The maximum atomic E-state index is 12.4. The number of likely N-dealkylation sites (tertiary alicyclic amines) is 1. The minimum absolute atomic E-state index is 0.0571. The van der Waals surface area contributed by atoms with E-state index in [2.05, 4.69) is 11.9 Å². The van der Waals surface area contributed by atoms with Gasteiger partial charge in [-0.3, -0.25) is 4.79 Å². The van der Waals surface area contributed by atoms with Gasteiger partial charge in [-0.2, -0.15) is 0 Å². The molecule has 0 aliphatic carbocycles. The van der Waals surface area contributed by atoms with E-state index in [4.69, 9.17) is 4.74 Å². The van der Waals surface area contributed by atoms with Crippen LogP contribution < -0.4 is 0 Å². The molecule has 0 N–H and O–H groups in total. The van der Waals surface area contributed by atoms with E-state index >= 15 is 0 Å². The Hall–Kier alpha value is -1.42. The van der Waals surface area contributed by atoms with Gasteiger partial charge < -0.3 is 9.64 Å². The molecule has 1 aromatic heterocycles. The van der Waals surface area contributed by atoms with Gasteiger partial charge in [0, 0.05) is 24.7 Å². The molecule has 4 heteroatoms. The Labute approximate surface area is 113 Å². The summed E-state index contributed by atoms with van der Waals surface area (Å²) in [4.78, 5) is 18.7. The summed E-state index contributed by atoms with van der Waals surface area (Å²) in [6, 6.07) is 5.60. The molecule has 2 fully saturated rings. The van der Waals surface area contributed by atoms with Gasteiger partial charge in [-0.1, -0.05) is 6.07 Å². The molecule has 2 saturated heterocycles. The minimum Gasteiger partial charge on any atom is -0.375 e. The lowest BCUT2D eigenvalue weighted by Gasteiger charge is -2.33. The number of carbonyl (C=O) groups is 1. The van der Waals surface area contributed by atoms with E-state index in [-0.39, 0.29) is 5.91 Å². The third kappa shape index (κ3) is 2.50. The van der Waals surface area contributed by atoms with Crippen LogP contribution in [-0.4, -0.2) is 41.1 Å². The van der Waals surface area contributed by atoms with Gasteiger partial charge in [0.05, 0.1) is 12.2 Å². The zero-order valence-electron chi connectivity index (χ0n) is 11.5. The summed E-state index contributed by atoms with van der Waals surface area (Å²) < 4.78 is 5.86. The summed E-state index contributed by atoms with van der Waals surface area (Å²) in [6.45, 7) is 5.62. The lowest BCUT2D eigenvalue weighted by Crippen LogP contribution is -2.44. The largest absolute Gasteiger partial charge is 0.375 e. The van der Waals surface area contributed by atoms with Crippen LogP contribution in [0.15, 0.2) is 18.2 Å². The van der Waals surface area contributed by atoms with E-state index < -0.39 is 0 Å². The van der Waals surface area contributed by atoms with Crippen LogP contribution in [0.25, 0.3) is 0 Å². The molecule has 0 aromatic carbocycles. The highest BCUT2D eigenvalue weighted by Gasteiger charge is 2.38. The highest BCUT2D eigenvalue weighted by atomic mass is 16.5. The van der Waals surface area contributed by atoms with Crippen LogP contribution in [0.4, 0.5) is 0 Å². The first-order chi connectivity index (χ1) is 9.13. The number of fused-ring (bicyclic) bond motifs is 1. The molecule has 0 spiro atoms. The van der Waals surface area contributed by atoms with Gasteiger partial charge in [0.15, 0.2) is 0 Å². The van der Waals surface area contributed by atoms with Crippen molar-refractivity contribution >= 4 is 5.91 Å². The summed E-state index contributed by atoms with van der Waals surface area (Å²) >= 11 is 0. The van der Waals surface area contributed by atoms with E-state index in [1.54, 1.807) is 6.07 Å². The van der Waals surface area contributed by atoms with Crippen LogP contribution in [0.2, 0.25) is 0 Å². The molecule has 0 radical (unpaired) electrons. The van der Waals surface area contributed by atoms with Crippen molar-refractivity contribution < 1.29 is 9.53 Å². The molecule has 102 valence electrons. The number of nitrogens with zero attached hydrogens (tertiary/aromatic N) is 2. The van der Waals surface area contributed by atoms with Gasteiger partial charge in [-0.15, -0.1) is 0 Å². The number of hydrogen-bond donors (Lipinski definition) is 0. The minimum atomic E-state index is 0.0571. The lowest BCUT2D eigenvalue weighted by molar-refractivity contribution is 0.00849. The predicted molar refractivity (Wildman–Crippen MR) is 71.9 cm³/mol. The third-order valence-corrected chi connectivity index (χ3v) is 4.10. The first kappa shape index (κ1) is 12.6. The average Bonchev–Trinajstić information content (AvgIpc) is 2.76. The van der Waals surface area contributed by atoms with Crippen molar-refractivity contribution in [1.29, 1.82) is 0 Å². The lowest BCUT2D eigenvalue weighted by atomic mass is 9.93. The Kier molecular flexibility index (Phi) is 3.27. The fraction of sp³-hybridized carbons (Fsp3) is 0.600. The van der Waals surface area contributed by atoms with Gasteiger partial charge in [-0.05, 0) is 38.8 Å². The quantitative estimate of drug-likeness (QED) is 0.776. The molecule has 0 saturated carbocycles. The van der Waals surface area contributed by atoms with Gasteiger partial charge >= 0.3 is 0 Å². The molecule has 0 unspecified atom stereocenters. The Morgan fingerprint density at radius 1 is 1.47 bits per heavy atom. The van der Waals surface area contributed by atoms with Crippen molar-refractivity contribution in [3.63, 3.8) is 0 Å². The molecule has 2 aliphatic rings. The number of piperidine rings is 1. The molecule has 3 atom stereocenters. The molecule has 0 bridgehead atoms. The van der Waals surface area contributed by atoms with Crippen LogP contribution >= 0.6 is 0 Å². The molecule has 3 rings (SSSR count). The third-order valence-electron chi connectivity index (χ3n) is 4.10. The second kappa shape index (κ2) is 4.93. The Morgan fingerprint density at radius 3 is 3.11 bits per heavy atom. The number of amides is 1.